The lowest BCUT2D eigenvalue weighted by Crippen LogP contribution is -2.08. The minimum absolute atomic E-state index is 0. The molecular weight excluding hydrogens is 304 g/mol. The van der Waals surface area contributed by atoms with Gasteiger partial charge in [-0.25, -0.2) is 0 Å². The molecule has 4 nitrogen and oxygen atoms in total. The molecule has 0 aromatic carbocycles. The van der Waals surface area contributed by atoms with Crippen molar-refractivity contribution in [3.05, 3.63) is 0 Å². The van der Waals surface area contributed by atoms with Crippen LogP contribution in [-0.2, 0) is 14.2 Å². The summed E-state index contributed by atoms with van der Waals surface area (Å²) >= 11 is 0. The summed E-state index contributed by atoms with van der Waals surface area (Å²) in [6.07, 6.45) is 4.63. The molecule has 24 heavy (non-hydrogen) atoms. The molecule has 0 aromatic heterocycles. The van der Waals surface area contributed by atoms with Crippen LogP contribution in [-0.4, -0.2) is 51.9 Å². The molecule has 0 heterocycles. The Bertz CT molecular complexity index is 229. The van der Waals surface area contributed by atoms with Crippen LogP contribution in [0.1, 0.15) is 74.7 Å². The zero-order valence-electron chi connectivity index (χ0n) is 16.7. The molecule has 150 valence electrons. The maximum Gasteiger partial charge on any atom is 0.0700 e. The van der Waals surface area contributed by atoms with Crippen molar-refractivity contribution in [1.82, 2.24) is 0 Å². The Morgan fingerprint density at radius 2 is 1.08 bits per heavy atom. The normalized spacial score (nSPS) is 11.5. The smallest absolute Gasteiger partial charge is 0.0700 e. The van der Waals surface area contributed by atoms with E-state index in [4.69, 9.17) is 19.3 Å². The first-order valence-electron chi connectivity index (χ1n) is 8.87. The summed E-state index contributed by atoms with van der Waals surface area (Å²) < 4.78 is 15.3. The quantitative estimate of drug-likeness (QED) is 0.537. The molecule has 0 fully saturated rings. The lowest BCUT2D eigenvalue weighted by atomic mass is 9.91. The van der Waals surface area contributed by atoms with Gasteiger partial charge in [0.25, 0.3) is 0 Å². The van der Waals surface area contributed by atoms with Crippen molar-refractivity contribution < 1.29 is 19.3 Å². The van der Waals surface area contributed by atoms with Gasteiger partial charge in [-0.05, 0) is 36.5 Å². The minimum atomic E-state index is 0. The summed E-state index contributed by atoms with van der Waals surface area (Å²) in [5.74, 6) is 0. The van der Waals surface area contributed by atoms with E-state index in [2.05, 4.69) is 41.5 Å². The van der Waals surface area contributed by atoms with Crippen molar-refractivity contribution in [3.63, 3.8) is 0 Å². The topological polar surface area (TPSA) is 47.9 Å². The van der Waals surface area contributed by atoms with E-state index in [9.17, 15) is 0 Å². The SMILES string of the molecule is C.CC(C)(C)CCCOCCO.COCCOCCCC(C)(C)C. The van der Waals surface area contributed by atoms with Crippen molar-refractivity contribution in [2.45, 2.75) is 74.7 Å². The molecule has 0 unspecified atom stereocenters. The second-order valence-electron chi connectivity index (χ2n) is 8.27. The molecular formula is C20H46O4. The number of aliphatic hydroxyl groups is 1. The van der Waals surface area contributed by atoms with Crippen molar-refractivity contribution in [2.24, 2.45) is 10.8 Å². The Labute approximate surface area is 152 Å². The Kier molecular flexibility index (Phi) is 21.1. The molecule has 0 aliphatic rings. The highest BCUT2D eigenvalue weighted by Gasteiger charge is 2.09. The van der Waals surface area contributed by atoms with Gasteiger partial charge in [0.05, 0.1) is 26.4 Å². The zero-order chi connectivity index (χ0) is 18.2. The van der Waals surface area contributed by atoms with Crippen LogP contribution in [0.4, 0.5) is 0 Å². The molecule has 0 aromatic rings. The van der Waals surface area contributed by atoms with Gasteiger partial charge in [-0.15, -0.1) is 0 Å². The summed E-state index contributed by atoms with van der Waals surface area (Å²) in [4.78, 5) is 0. The summed E-state index contributed by atoms with van der Waals surface area (Å²) in [5.41, 5.74) is 0.840. The summed E-state index contributed by atoms with van der Waals surface area (Å²) in [7, 11) is 1.69. The monoisotopic (exact) mass is 350 g/mol. The van der Waals surface area contributed by atoms with Crippen molar-refractivity contribution in [3.8, 4) is 0 Å². The first-order chi connectivity index (χ1) is 10.6. The molecule has 0 atom stereocenters. The van der Waals surface area contributed by atoms with E-state index in [1.165, 1.54) is 12.8 Å². The lowest BCUT2D eigenvalue weighted by Gasteiger charge is -2.17. The average Bonchev–Trinajstić information content (AvgIpc) is 2.41. The predicted molar refractivity (Wildman–Crippen MR) is 105 cm³/mol. The fourth-order valence-corrected chi connectivity index (χ4v) is 1.82. The highest BCUT2D eigenvalue weighted by molar-refractivity contribution is 4.60. The van der Waals surface area contributed by atoms with E-state index >= 15 is 0 Å². The van der Waals surface area contributed by atoms with E-state index < -0.39 is 0 Å². The van der Waals surface area contributed by atoms with E-state index in [0.29, 0.717) is 24.0 Å². The number of rotatable bonds is 11. The number of hydrogen-bond donors (Lipinski definition) is 1. The lowest BCUT2D eigenvalue weighted by molar-refractivity contribution is 0.0655. The van der Waals surface area contributed by atoms with Crippen LogP contribution < -0.4 is 0 Å². The highest BCUT2D eigenvalue weighted by Crippen LogP contribution is 2.20. The maximum atomic E-state index is 8.40. The maximum absolute atomic E-state index is 8.40. The average molecular weight is 351 g/mol. The van der Waals surface area contributed by atoms with Crippen LogP contribution in [0, 0.1) is 10.8 Å². The molecule has 4 heteroatoms. The van der Waals surface area contributed by atoms with Crippen LogP contribution in [0.5, 0.6) is 0 Å². The van der Waals surface area contributed by atoms with E-state index in [1.807, 2.05) is 0 Å². The molecule has 0 rings (SSSR count). The summed E-state index contributed by atoms with van der Waals surface area (Å²) in [6, 6.07) is 0. The van der Waals surface area contributed by atoms with Crippen LogP contribution in [0.15, 0.2) is 0 Å². The standard InChI is InChI=1S/C10H22O2.C9H20O2.CH4/c1-10(2,3)6-5-7-12-9-8-11-4;1-9(2,3)5-4-7-11-8-6-10;/h5-9H2,1-4H3;10H,4-8H2,1-3H3;1H4. The van der Waals surface area contributed by atoms with Crippen molar-refractivity contribution in [1.29, 1.82) is 0 Å². The molecule has 0 aliphatic carbocycles. The van der Waals surface area contributed by atoms with Gasteiger partial charge in [0.2, 0.25) is 0 Å². The predicted octanol–water partition coefficient (Wildman–Crippen LogP) is 4.93. The largest absolute Gasteiger partial charge is 0.394 e. The number of aliphatic hydroxyl groups excluding tert-OH is 1. The number of ether oxygens (including phenoxy) is 3. The fourth-order valence-electron chi connectivity index (χ4n) is 1.82. The van der Waals surface area contributed by atoms with Crippen LogP contribution in [0.25, 0.3) is 0 Å². The molecule has 1 N–H and O–H groups in total. The van der Waals surface area contributed by atoms with E-state index in [-0.39, 0.29) is 14.0 Å². The second kappa shape index (κ2) is 17.7. The van der Waals surface area contributed by atoms with Crippen LogP contribution >= 0.6 is 0 Å². The van der Waals surface area contributed by atoms with Gasteiger partial charge in [-0.1, -0.05) is 49.0 Å². The van der Waals surface area contributed by atoms with Crippen molar-refractivity contribution in [2.75, 3.05) is 46.8 Å². The van der Waals surface area contributed by atoms with Gasteiger partial charge in [0.1, 0.15) is 0 Å². The molecule has 0 saturated heterocycles. The van der Waals surface area contributed by atoms with Gasteiger partial charge in [0.15, 0.2) is 0 Å². The third kappa shape index (κ3) is 33.4. The summed E-state index contributed by atoms with van der Waals surface area (Å²) in [6.45, 7) is 17.1. The van der Waals surface area contributed by atoms with Gasteiger partial charge >= 0.3 is 0 Å². The molecule has 0 bridgehead atoms. The minimum Gasteiger partial charge on any atom is -0.394 e. The molecule has 0 radical (unpaired) electrons. The van der Waals surface area contributed by atoms with Gasteiger partial charge < -0.3 is 19.3 Å². The number of hydrogen-bond acceptors (Lipinski definition) is 4. The fraction of sp³-hybridized carbons (Fsp3) is 1.00. The van der Waals surface area contributed by atoms with Gasteiger partial charge in [0, 0.05) is 20.3 Å². The van der Waals surface area contributed by atoms with Crippen LogP contribution in [0.2, 0.25) is 0 Å². The van der Waals surface area contributed by atoms with E-state index in [1.54, 1.807) is 7.11 Å². The first kappa shape index (κ1) is 28.6. The van der Waals surface area contributed by atoms with Crippen molar-refractivity contribution >= 4 is 0 Å². The van der Waals surface area contributed by atoms with Gasteiger partial charge in [-0.3, -0.25) is 0 Å². The second-order valence-corrected chi connectivity index (χ2v) is 8.27. The van der Waals surface area contributed by atoms with Crippen LogP contribution in [0.3, 0.4) is 0 Å². The number of methoxy groups -OCH3 is 1. The zero-order valence-corrected chi connectivity index (χ0v) is 16.7. The van der Waals surface area contributed by atoms with Gasteiger partial charge in [-0.2, -0.15) is 0 Å². The van der Waals surface area contributed by atoms with E-state index in [0.717, 1.165) is 32.7 Å². The Morgan fingerprint density at radius 1 is 0.667 bits per heavy atom. The first-order valence-corrected chi connectivity index (χ1v) is 8.87. The molecule has 0 saturated carbocycles. The molecule has 0 amide bonds. The third-order valence-electron chi connectivity index (χ3n) is 3.10. The highest BCUT2D eigenvalue weighted by atomic mass is 16.5. The Morgan fingerprint density at radius 3 is 1.42 bits per heavy atom. The summed E-state index contributed by atoms with van der Waals surface area (Å²) in [5, 5.41) is 8.40. The molecule has 0 spiro atoms. The Balaban J connectivity index is -0.000000354. The molecule has 0 aliphatic heterocycles. The Hall–Kier alpha value is -0.160. The third-order valence-corrected chi connectivity index (χ3v) is 3.10.